The molecule has 1 aliphatic carbocycles. The van der Waals surface area contributed by atoms with Gasteiger partial charge in [-0.15, -0.1) is 0 Å². The van der Waals surface area contributed by atoms with Gasteiger partial charge in [-0.25, -0.2) is 0 Å². The fourth-order valence-electron chi connectivity index (χ4n) is 1.38. The van der Waals surface area contributed by atoms with Gasteiger partial charge >= 0.3 is 0 Å². The van der Waals surface area contributed by atoms with E-state index in [1.54, 1.807) is 0 Å². The van der Waals surface area contributed by atoms with Crippen LogP contribution in [0.15, 0.2) is 23.3 Å². The molecule has 11 heavy (non-hydrogen) atoms. The first-order chi connectivity index (χ1) is 5.11. The minimum absolute atomic E-state index is 0.172. The normalized spacial score (nSPS) is 27.5. The zero-order chi connectivity index (χ0) is 8.43. The van der Waals surface area contributed by atoms with Crippen LogP contribution < -0.4 is 5.73 Å². The van der Waals surface area contributed by atoms with Crippen LogP contribution in [0, 0.1) is 0 Å². The second-order valence-corrected chi connectivity index (χ2v) is 4.23. The van der Waals surface area contributed by atoms with Gasteiger partial charge < -0.3 is 5.73 Å². The van der Waals surface area contributed by atoms with Gasteiger partial charge in [0.1, 0.15) is 0 Å². The van der Waals surface area contributed by atoms with Gasteiger partial charge in [0.2, 0.25) is 0 Å². The third-order valence-corrected chi connectivity index (χ3v) is 2.58. The van der Waals surface area contributed by atoms with Crippen LogP contribution in [0.5, 0.6) is 0 Å². The summed E-state index contributed by atoms with van der Waals surface area (Å²) in [5.41, 5.74) is 8.38. The maximum Gasteiger partial charge on any atom is 0.0365 e. The molecule has 2 unspecified atom stereocenters. The Balaban J connectivity index is 2.77. The van der Waals surface area contributed by atoms with Gasteiger partial charge in [0, 0.05) is 10.9 Å². The van der Waals surface area contributed by atoms with Crippen LogP contribution >= 0.6 is 15.9 Å². The Morgan fingerprint density at radius 2 is 2.36 bits per heavy atom. The van der Waals surface area contributed by atoms with Crippen molar-refractivity contribution in [2.45, 2.75) is 31.1 Å². The van der Waals surface area contributed by atoms with Gasteiger partial charge in [-0.05, 0) is 31.4 Å². The molecule has 1 rings (SSSR count). The topological polar surface area (TPSA) is 26.0 Å². The largest absolute Gasteiger partial charge is 0.324 e. The molecule has 0 aromatic heterocycles. The maximum absolute atomic E-state index is 5.78. The molecule has 2 N–H and O–H groups in total. The Bertz CT molecular complexity index is 204. The quantitative estimate of drug-likeness (QED) is 0.669. The number of nitrogens with two attached hydrogens (primary N) is 1. The standard InChI is InChI=1S/C9H14BrN/c1-6-5-8(10)3-4-9(6)7(2)11/h4-5,7-8H,3,11H2,1-2H3. The first-order valence-electron chi connectivity index (χ1n) is 3.89. The highest BCUT2D eigenvalue weighted by Gasteiger charge is 2.12. The van der Waals surface area contributed by atoms with Crippen molar-refractivity contribution < 1.29 is 0 Å². The molecule has 0 aromatic carbocycles. The highest BCUT2D eigenvalue weighted by atomic mass is 79.9. The molecule has 0 amide bonds. The first kappa shape index (κ1) is 9.01. The van der Waals surface area contributed by atoms with E-state index < -0.39 is 0 Å². The maximum atomic E-state index is 5.78. The number of halogens is 1. The van der Waals surface area contributed by atoms with E-state index in [0.717, 1.165) is 6.42 Å². The summed E-state index contributed by atoms with van der Waals surface area (Å²) in [6.45, 7) is 4.14. The minimum atomic E-state index is 0.172. The minimum Gasteiger partial charge on any atom is -0.324 e. The molecule has 62 valence electrons. The summed E-state index contributed by atoms with van der Waals surface area (Å²) < 4.78 is 0. The van der Waals surface area contributed by atoms with Crippen LogP contribution in [0.3, 0.4) is 0 Å². The SMILES string of the molecule is CC1=CC(Br)CC=C1C(C)N. The van der Waals surface area contributed by atoms with E-state index in [1.165, 1.54) is 11.1 Å². The van der Waals surface area contributed by atoms with E-state index in [4.69, 9.17) is 5.73 Å². The van der Waals surface area contributed by atoms with Crippen LogP contribution in [-0.2, 0) is 0 Å². The lowest BCUT2D eigenvalue weighted by atomic mass is 9.94. The van der Waals surface area contributed by atoms with Crippen molar-refractivity contribution in [3.63, 3.8) is 0 Å². The Morgan fingerprint density at radius 1 is 1.73 bits per heavy atom. The predicted octanol–water partition coefficient (Wildman–Crippen LogP) is 2.37. The van der Waals surface area contributed by atoms with Crippen LogP contribution in [0.1, 0.15) is 20.3 Å². The van der Waals surface area contributed by atoms with Crippen molar-refractivity contribution in [1.82, 2.24) is 0 Å². The second-order valence-electron chi connectivity index (χ2n) is 3.05. The molecule has 0 saturated carbocycles. The summed E-state index contributed by atoms with van der Waals surface area (Å²) in [7, 11) is 0. The number of allylic oxidation sites excluding steroid dienone is 2. The molecule has 0 spiro atoms. The molecule has 0 aromatic rings. The van der Waals surface area contributed by atoms with Crippen molar-refractivity contribution in [3.05, 3.63) is 23.3 Å². The highest BCUT2D eigenvalue weighted by Crippen LogP contribution is 2.24. The summed E-state index contributed by atoms with van der Waals surface area (Å²) >= 11 is 3.54. The van der Waals surface area contributed by atoms with Gasteiger partial charge in [-0.2, -0.15) is 0 Å². The number of hydrogen-bond acceptors (Lipinski definition) is 1. The highest BCUT2D eigenvalue weighted by molar-refractivity contribution is 9.09. The van der Waals surface area contributed by atoms with Gasteiger partial charge in [0.05, 0.1) is 0 Å². The van der Waals surface area contributed by atoms with E-state index in [0.29, 0.717) is 4.83 Å². The smallest absolute Gasteiger partial charge is 0.0365 e. The van der Waals surface area contributed by atoms with E-state index in [2.05, 4.69) is 35.0 Å². The summed E-state index contributed by atoms with van der Waals surface area (Å²) in [6.07, 6.45) is 5.51. The van der Waals surface area contributed by atoms with Crippen LogP contribution in [0.4, 0.5) is 0 Å². The fourth-order valence-corrected chi connectivity index (χ4v) is 1.96. The van der Waals surface area contributed by atoms with E-state index >= 15 is 0 Å². The zero-order valence-electron chi connectivity index (χ0n) is 6.97. The summed E-state index contributed by atoms with van der Waals surface area (Å²) in [5.74, 6) is 0. The Kier molecular flexibility index (Phi) is 2.90. The zero-order valence-corrected chi connectivity index (χ0v) is 8.56. The average molecular weight is 216 g/mol. The van der Waals surface area contributed by atoms with E-state index in [1.807, 2.05) is 6.92 Å². The Morgan fingerprint density at radius 3 is 2.82 bits per heavy atom. The molecule has 0 aliphatic heterocycles. The molecule has 1 nitrogen and oxygen atoms in total. The molecule has 0 saturated heterocycles. The molecule has 2 atom stereocenters. The number of rotatable bonds is 1. The molecule has 0 radical (unpaired) electrons. The predicted molar refractivity (Wildman–Crippen MR) is 52.8 cm³/mol. The summed E-state index contributed by atoms with van der Waals surface area (Å²) in [4.78, 5) is 0.505. The van der Waals surface area contributed by atoms with Crippen LogP contribution in [0.25, 0.3) is 0 Å². The van der Waals surface area contributed by atoms with Crippen molar-refractivity contribution >= 4 is 15.9 Å². The number of hydrogen-bond donors (Lipinski definition) is 1. The Labute approximate surface area is 76.5 Å². The van der Waals surface area contributed by atoms with Crippen molar-refractivity contribution in [3.8, 4) is 0 Å². The molecular weight excluding hydrogens is 202 g/mol. The third kappa shape index (κ3) is 2.17. The van der Waals surface area contributed by atoms with Gasteiger partial charge in [0.15, 0.2) is 0 Å². The van der Waals surface area contributed by atoms with Crippen molar-refractivity contribution in [1.29, 1.82) is 0 Å². The van der Waals surface area contributed by atoms with Crippen molar-refractivity contribution in [2.75, 3.05) is 0 Å². The second kappa shape index (κ2) is 3.55. The molecule has 0 fully saturated rings. The van der Waals surface area contributed by atoms with Gasteiger partial charge in [-0.1, -0.05) is 28.1 Å². The molecule has 1 aliphatic rings. The lowest BCUT2D eigenvalue weighted by Gasteiger charge is -2.18. The lowest BCUT2D eigenvalue weighted by Crippen LogP contribution is -2.21. The molecule has 0 heterocycles. The fraction of sp³-hybridized carbons (Fsp3) is 0.556. The Hall–Kier alpha value is -0.0800. The van der Waals surface area contributed by atoms with Gasteiger partial charge in [-0.3, -0.25) is 0 Å². The molecule has 0 bridgehead atoms. The molecule has 2 heteroatoms. The monoisotopic (exact) mass is 215 g/mol. The van der Waals surface area contributed by atoms with Gasteiger partial charge in [0.25, 0.3) is 0 Å². The van der Waals surface area contributed by atoms with E-state index in [-0.39, 0.29) is 6.04 Å². The average Bonchev–Trinajstić information content (AvgIpc) is 1.85. The lowest BCUT2D eigenvalue weighted by molar-refractivity contribution is 0.840. The summed E-state index contributed by atoms with van der Waals surface area (Å²) in [6, 6.07) is 0.172. The number of alkyl halides is 1. The van der Waals surface area contributed by atoms with Crippen LogP contribution in [-0.4, -0.2) is 10.9 Å². The summed E-state index contributed by atoms with van der Waals surface area (Å²) in [5, 5.41) is 0. The van der Waals surface area contributed by atoms with E-state index in [9.17, 15) is 0 Å². The molecular formula is C9H14BrN. The third-order valence-electron chi connectivity index (χ3n) is 1.94. The van der Waals surface area contributed by atoms with Crippen molar-refractivity contribution in [2.24, 2.45) is 5.73 Å². The van der Waals surface area contributed by atoms with Crippen LogP contribution in [0.2, 0.25) is 0 Å². The first-order valence-corrected chi connectivity index (χ1v) is 4.81.